The predicted molar refractivity (Wildman–Crippen MR) is 46.4 cm³/mol. The molecule has 1 aromatic carbocycles. The number of hydrogen-bond acceptors (Lipinski definition) is 0. The summed E-state index contributed by atoms with van der Waals surface area (Å²) < 4.78 is 0.946. The van der Waals surface area contributed by atoms with Crippen LogP contribution in [0.2, 0.25) is 5.02 Å². The van der Waals surface area contributed by atoms with E-state index in [1.807, 2.05) is 24.3 Å². The van der Waals surface area contributed by atoms with E-state index in [1.54, 1.807) is 0 Å². The fourth-order valence-corrected chi connectivity index (χ4v) is 0.860. The van der Waals surface area contributed by atoms with Gasteiger partial charge in [0.15, 0.2) is 0 Å². The smallest absolute Gasteiger partial charge is 0.0548 e. The lowest BCUT2D eigenvalue weighted by Gasteiger charge is -1.88. The van der Waals surface area contributed by atoms with E-state index in [0.29, 0.717) is 0 Å². The molecule has 0 saturated carbocycles. The molecule has 9 heavy (non-hydrogen) atoms. The highest BCUT2D eigenvalue weighted by Gasteiger charge is 1.88. The lowest BCUT2D eigenvalue weighted by molar-refractivity contribution is 1.65. The standard InChI is InChI=1S/C6H4BrCl.ClH/c7-5-3-1-2-4-6(5)8;/h1-4H;1H. The molecule has 0 heterocycles. The van der Waals surface area contributed by atoms with Crippen molar-refractivity contribution in [2.45, 2.75) is 0 Å². The molecule has 0 aromatic heterocycles. The summed E-state index contributed by atoms with van der Waals surface area (Å²) in [5.41, 5.74) is 0. The summed E-state index contributed by atoms with van der Waals surface area (Å²) in [5.74, 6) is 0. The average molecular weight is 228 g/mol. The molecule has 3 heteroatoms. The molecule has 0 amide bonds. The zero-order valence-corrected chi connectivity index (χ0v) is 7.63. The van der Waals surface area contributed by atoms with E-state index in [1.165, 1.54) is 0 Å². The zero-order chi connectivity index (χ0) is 5.98. The second kappa shape index (κ2) is 4.15. The Kier molecular flexibility index (Phi) is 4.28. The topological polar surface area (TPSA) is 0 Å². The van der Waals surface area contributed by atoms with Gasteiger partial charge in [0.25, 0.3) is 0 Å². The van der Waals surface area contributed by atoms with Gasteiger partial charge in [-0.05, 0) is 28.1 Å². The molecule has 0 atom stereocenters. The Hall–Kier alpha value is 0.280. The molecule has 0 radical (unpaired) electrons. The molecule has 0 fully saturated rings. The Morgan fingerprint density at radius 2 is 1.78 bits per heavy atom. The first-order valence-electron chi connectivity index (χ1n) is 2.21. The summed E-state index contributed by atoms with van der Waals surface area (Å²) in [6.45, 7) is 0. The van der Waals surface area contributed by atoms with Crippen LogP contribution in [0.3, 0.4) is 0 Å². The summed E-state index contributed by atoms with van der Waals surface area (Å²) in [6.07, 6.45) is 0. The molecule has 0 unspecified atom stereocenters. The van der Waals surface area contributed by atoms with Gasteiger partial charge in [0, 0.05) is 4.47 Å². The molecule has 0 aliphatic rings. The normalized spacial score (nSPS) is 8.22. The Labute approximate surface area is 73.8 Å². The summed E-state index contributed by atoms with van der Waals surface area (Å²) in [5, 5.41) is 0.757. The van der Waals surface area contributed by atoms with E-state index in [-0.39, 0.29) is 12.4 Å². The van der Waals surface area contributed by atoms with Crippen LogP contribution in [0.1, 0.15) is 0 Å². The van der Waals surface area contributed by atoms with E-state index in [9.17, 15) is 0 Å². The quantitative estimate of drug-likeness (QED) is 0.637. The number of halogens is 3. The molecule has 0 nitrogen and oxygen atoms in total. The molecule has 0 spiro atoms. The van der Waals surface area contributed by atoms with Crippen LogP contribution in [0.5, 0.6) is 0 Å². The van der Waals surface area contributed by atoms with Crippen molar-refractivity contribution in [3.63, 3.8) is 0 Å². The predicted octanol–water partition coefficient (Wildman–Crippen LogP) is 3.52. The minimum atomic E-state index is 0. The van der Waals surface area contributed by atoms with Crippen molar-refractivity contribution in [2.24, 2.45) is 0 Å². The van der Waals surface area contributed by atoms with Crippen LogP contribution < -0.4 is 0 Å². The van der Waals surface area contributed by atoms with Gasteiger partial charge in [0.2, 0.25) is 0 Å². The lowest BCUT2D eigenvalue weighted by Crippen LogP contribution is -1.62. The molecule has 1 aromatic rings. The minimum absolute atomic E-state index is 0. The van der Waals surface area contributed by atoms with Crippen molar-refractivity contribution in [1.29, 1.82) is 0 Å². The summed E-state index contributed by atoms with van der Waals surface area (Å²) >= 11 is 8.93. The maximum atomic E-state index is 5.66. The molecule has 0 saturated heterocycles. The minimum Gasteiger partial charge on any atom is -0.147 e. The van der Waals surface area contributed by atoms with Gasteiger partial charge in [-0.1, -0.05) is 23.7 Å². The highest BCUT2D eigenvalue weighted by atomic mass is 79.9. The van der Waals surface area contributed by atoms with E-state index >= 15 is 0 Å². The van der Waals surface area contributed by atoms with Crippen molar-refractivity contribution >= 4 is 39.9 Å². The third kappa shape index (κ3) is 2.57. The molecule has 50 valence electrons. The average Bonchev–Trinajstić information content (AvgIpc) is 1.77. The Morgan fingerprint density at radius 1 is 1.22 bits per heavy atom. The van der Waals surface area contributed by atoms with Crippen molar-refractivity contribution < 1.29 is 0 Å². The maximum absolute atomic E-state index is 5.66. The maximum Gasteiger partial charge on any atom is 0.0548 e. The van der Waals surface area contributed by atoms with Crippen molar-refractivity contribution in [3.8, 4) is 0 Å². The van der Waals surface area contributed by atoms with Gasteiger partial charge in [-0.3, -0.25) is 0 Å². The highest BCUT2D eigenvalue weighted by molar-refractivity contribution is 9.10. The highest BCUT2D eigenvalue weighted by Crippen LogP contribution is 2.20. The lowest BCUT2D eigenvalue weighted by atomic mass is 10.4. The molecule has 0 N–H and O–H groups in total. The van der Waals surface area contributed by atoms with Crippen LogP contribution in [-0.4, -0.2) is 0 Å². The fraction of sp³-hybridized carbons (Fsp3) is 0. The third-order valence-electron chi connectivity index (χ3n) is 0.824. The Bertz CT molecular complexity index is 167. The fourth-order valence-electron chi connectivity index (χ4n) is 0.439. The van der Waals surface area contributed by atoms with Gasteiger partial charge in [-0.2, -0.15) is 0 Å². The van der Waals surface area contributed by atoms with Crippen LogP contribution >= 0.6 is 39.9 Å². The van der Waals surface area contributed by atoms with Crippen molar-refractivity contribution in [1.82, 2.24) is 0 Å². The second-order valence-electron chi connectivity index (χ2n) is 1.41. The van der Waals surface area contributed by atoms with Gasteiger partial charge >= 0.3 is 0 Å². The van der Waals surface area contributed by atoms with Gasteiger partial charge < -0.3 is 0 Å². The van der Waals surface area contributed by atoms with E-state index in [0.717, 1.165) is 9.50 Å². The largest absolute Gasteiger partial charge is 0.147 e. The molecular weight excluding hydrogens is 223 g/mol. The first-order chi connectivity index (χ1) is 3.80. The number of hydrogen-bond donors (Lipinski definition) is 0. The first-order valence-corrected chi connectivity index (χ1v) is 3.38. The molecule has 0 aliphatic heterocycles. The molecule has 1 rings (SSSR count). The van der Waals surface area contributed by atoms with E-state index in [2.05, 4.69) is 15.9 Å². The first kappa shape index (κ1) is 9.28. The van der Waals surface area contributed by atoms with Crippen LogP contribution in [0.15, 0.2) is 28.7 Å². The zero-order valence-electron chi connectivity index (χ0n) is 4.47. The van der Waals surface area contributed by atoms with Gasteiger partial charge in [0.05, 0.1) is 5.02 Å². The second-order valence-corrected chi connectivity index (χ2v) is 2.68. The van der Waals surface area contributed by atoms with E-state index < -0.39 is 0 Å². The summed E-state index contributed by atoms with van der Waals surface area (Å²) in [4.78, 5) is 0. The van der Waals surface area contributed by atoms with Crippen LogP contribution in [0.25, 0.3) is 0 Å². The van der Waals surface area contributed by atoms with E-state index in [4.69, 9.17) is 11.6 Å². The monoisotopic (exact) mass is 226 g/mol. The van der Waals surface area contributed by atoms with Crippen molar-refractivity contribution in [2.75, 3.05) is 0 Å². The number of benzene rings is 1. The van der Waals surface area contributed by atoms with Crippen molar-refractivity contribution in [3.05, 3.63) is 33.8 Å². The SMILES string of the molecule is Cl.Clc1ccccc1Br. The van der Waals surface area contributed by atoms with Gasteiger partial charge in [-0.15, -0.1) is 12.4 Å². The van der Waals surface area contributed by atoms with Crippen LogP contribution in [0.4, 0.5) is 0 Å². The van der Waals surface area contributed by atoms with Gasteiger partial charge in [-0.25, -0.2) is 0 Å². The Morgan fingerprint density at radius 3 is 2.11 bits per heavy atom. The molecule has 0 aliphatic carbocycles. The number of rotatable bonds is 0. The molecular formula is C6H5BrCl2. The van der Waals surface area contributed by atoms with Crippen LogP contribution in [-0.2, 0) is 0 Å². The summed E-state index contributed by atoms with van der Waals surface area (Å²) in [7, 11) is 0. The Balaban J connectivity index is 0.000000640. The molecule has 0 bridgehead atoms. The van der Waals surface area contributed by atoms with Crippen LogP contribution in [0, 0.1) is 0 Å². The van der Waals surface area contributed by atoms with Gasteiger partial charge in [0.1, 0.15) is 0 Å². The summed E-state index contributed by atoms with van der Waals surface area (Å²) in [6, 6.07) is 7.57. The third-order valence-corrected chi connectivity index (χ3v) is 2.07.